The summed E-state index contributed by atoms with van der Waals surface area (Å²) in [5.74, 6) is -1.86. The summed E-state index contributed by atoms with van der Waals surface area (Å²) in [6, 6.07) is 9.68. The molecular weight excluding hydrogens is 1080 g/mol. The van der Waals surface area contributed by atoms with E-state index in [1.807, 2.05) is 31.2 Å². The molecule has 9 N–H and O–H groups in total. The number of amides is 2. The normalized spacial score (nSPS) is 35.9. The zero-order chi connectivity index (χ0) is 57.9. The van der Waals surface area contributed by atoms with Gasteiger partial charge in [-0.2, -0.15) is 0 Å². The van der Waals surface area contributed by atoms with Crippen LogP contribution in [0.3, 0.4) is 0 Å². The number of carbonyl (C=O) groups excluding carboxylic acids is 2. The van der Waals surface area contributed by atoms with Crippen molar-refractivity contribution in [1.29, 1.82) is 0 Å². The molecule has 4 saturated heterocycles. The van der Waals surface area contributed by atoms with Crippen molar-refractivity contribution in [1.82, 2.24) is 40.2 Å². The second-order valence-electron chi connectivity index (χ2n) is 22.9. The number of ether oxygens (including phenoxy) is 7. The van der Waals surface area contributed by atoms with E-state index in [0.29, 0.717) is 30.8 Å². The number of halogens is 1. The van der Waals surface area contributed by atoms with Crippen molar-refractivity contribution in [3.05, 3.63) is 72.3 Å². The molecule has 20 atom stereocenters. The molecule has 450 valence electrons. The van der Waals surface area contributed by atoms with E-state index in [1.54, 1.807) is 23.4 Å². The quantitative estimate of drug-likeness (QED) is 0.0615. The molecule has 0 radical (unpaired) electrons. The van der Waals surface area contributed by atoms with Crippen LogP contribution in [0.4, 0.5) is 4.39 Å². The highest BCUT2D eigenvalue weighted by atomic mass is 19.1. The average Bonchev–Trinajstić information content (AvgIpc) is 3.75. The van der Waals surface area contributed by atoms with E-state index in [-0.39, 0.29) is 37.0 Å². The Morgan fingerprint density at radius 1 is 0.732 bits per heavy atom. The van der Waals surface area contributed by atoms with Gasteiger partial charge in [0.15, 0.2) is 18.9 Å². The standard InChI is InChI=1S/C56H77FN8O17/c1-28-10-7-13-33(18-28)37-24-65(62-60-37)44-46(70)41(25-66)81-55(48(44)72)76-27-32-19-38(64-23-36(59-61-64)34-14-8-15-35(57)22-34)51(82-56-50(74)49(73)45(69)29(2)77-56)39(21-32)79-54-43(58-30(3)68)52(47(71)42(26-67)80-54)78-40(53(75)63-16-9-17-63)20-31-11-5-4-6-12-31/h7-8,10,13-15,18,22-24,29,31-32,38-52,54-56,66-67,69-74H,4-6,9,11-12,16-17,19-21,25-27H2,1-3H3,(H,58,68)/t29?,32?,38-,39-,40+,41-,42?,43?,44?,45-,46-,47+,48?,49+,50?,51?,52?,54-,55+,56+/m1/s1. The van der Waals surface area contributed by atoms with Gasteiger partial charge in [0.25, 0.3) is 5.91 Å². The molecule has 9 unspecified atom stereocenters. The van der Waals surface area contributed by atoms with Crippen LogP contribution < -0.4 is 5.32 Å². The molecule has 26 heteroatoms. The largest absolute Gasteiger partial charge is 0.394 e. The fourth-order valence-corrected chi connectivity index (χ4v) is 12.4. The molecule has 0 spiro atoms. The number of nitrogens with zero attached hydrogens (tertiary/aromatic N) is 7. The Morgan fingerprint density at radius 2 is 1.40 bits per heavy atom. The van der Waals surface area contributed by atoms with Gasteiger partial charge in [0.05, 0.1) is 50.5 Å². The van der Waals surface area contributed by atoms with E-state index >= 15 is 0 Å². The van der Waals surface area contributed by atoms with Crippen LogP contribution >= 0.6 is 0 Å². The van der Waals surface area contributed by atoms with Gasteiger partial charge in [-0.1, -0.05) is 78.4 Å². The molecule has 2 aromatic heterocycles. The third-order valence-corrected chi connectivity index (χ3v) is 17.0. The van der Waals surface area contributed by atoms with Crippen molar-refractivity contribution in [2.24, 2.45) is 11.8 Å². The van der Waals surface area contributed by atoms with Crippen molar-refractivity contribution in [3.63, 3.8) is 0 Å². The van der Waals surface area contributed by atoms with Crippen LogP contribution in [0.25, 0.3) is 22.5 Å². The fourth-order valence-electron chi connectivity index (χ4n) is 12.4. The van der Waals surface area contributed by atoms with E-state index in [9.17, 15) is 54.8 Å². The molecule has 6 heterocycles. The first-order valence-electron chi connectivity index (χ1n) is 28.5. The number of hydrogen-bond acceptors (Lipinski definition) is 21. The number of rotatable bonds is 19. The minimum absolute atomic E-state index is 0.0281. The van der Waals surface area contributed by atoms with Gasteiger partial charge in [0, 0.05) is 31.1 Å². The van der Waals surface area contributed by atoms with Gasteiger partial charge < -0.3 is 84.2 Å². The minimum Gasteiger partial charge on any atom is -0.394 e. The number of nitrogens with one attached hydrogen (secondary N) is 1. The molecule has 0 bridgehead atoms. The molecule has 4 aliphatic heterocycles. The van der Waals surface area contributed by atoms with Crippen LogP contribution in [0.2, 0.25) is 0 Å². The van der Waals surface area contributed by atoms with Crippen LogP contribution in [0.15, 0.2) is 60.9 Å². The highest BCUT2D eigenvalue weighted by Gasteiger charge is 2.54. The highest BCUT2D eigenvalue weighted by Crippen LogP contribution is 2.42. The lowest BCUT2D eigenvalue weighted by atomic mass is 9.81. The zero-order valence-electron chi connectivity index (χ0n) is 46.1. The third-order valence-electron chi connectivity index (χ3n) is 17.0. The zero-order valence-corrected chi connectivity index (χ0v) is 46.1. The van der Waals surface area contributed by atoms with Gasteiger partial charge >= 0.3 is 0 Å². The Morgan fingerprint density at radius 3 is 2.07 bits per heavy atom. The van der Waals surface area contributed by atoms with Crippen LogP contribution in [-0.2, 0) is 42.7 Å². The van der Waals surface area contributed by atoms with Crippen molar-refractivity contribution in [2.75, 3.05) is 32.9 Å². The van der Waals surface area contributed by atoms with Crippen molar-refractivity contribution >= 4 is 11.8 Å². The molecule has 82 heavy (non-hydrogen) atoms. The van der Waals surface area contributed by atoms with Gasteiger partial charge in [-0.15, -0.1) is 10.2 Å². The van der Waals surface area contributed by atoms with Crippen LogP contribution in [-0.4, -0.2) is 225 Å². The Balaban J connectivity index is 0.999. The molecule has 25 nitrogen and oxygen atoms in total. The Hall–Kier alpha value is -5.01. The fraction of sp³-hybridized carbons (Fsp3) is 0.679. The molecule has 2 saturated carbocycles. The van der Waals surface area contributed by atoms with E-state index in [4.69, 9.17) is 33.2 Å². The number of aromatic nitrogens is 6. The SMILES string of the molecule is CC(=O)NC1C(O[C@@H](CC2CCCCC2)C(=O)N2CCC2)[C@@H](O)C(CO)O[C@H]1O[C@@H]1CC(CO[C@H]2O[C@H](CO)[C@@H](O)C(n3cc(-c4cccc(C)c4)nn3)C2O)C[C@@H](n2cc(-c3cccc(F)c3)nn2)C1O[C@@H]1OC(C)[C@@H](O)[C@H](O)C1O. The van der Waals surface area contributed by atoms with E-state index in [2.05, 4.69) is 25.9 Å². The maximum absolute atomic E-state index is 14.7. The monoisotopic (exact) mass is 1150 g/mol. The summed E-state index contributed by atoms with van der Waals surface area (Å²) in [5.41, 5.74) is 2.81. The molecule has 2 aromatic carbocycles. The molecule has 6 fully saturated rings. The third kappa shape index (κ3) is 13.3. The van der Waals surface area contributed by atoms with Gasteiger partial charge in [-0.3, -0.25) is 9.59 Å². The lowest BCUT2D eigenvalue weighted by molar-refractivity contribution is -0.339. The molecule has 10 rings (SSSR count). The Kier molecular flexibility index (Phi) is 19.4. The summed E-state index contributed by atoms with van der Waals surface area (Å²) >= 11 is 0. The van der Waals surface area contributed by atoms with E-state index < -0.39 is 147 Å². The van der Waals surface area contributed by atoms with E-state index in [1.165, 1.54) is 41.4 Å². The summed E-state index contributed by atoms with van der Waals surface area (Å²) in [4.78, 5) is 29.3. The first-order valence-corrected chi connectivity index (χ1v) is 28.5. The van der Waals surface area contributed by atoms with Gasteiger partial charge in [-0.05, 0) is 69.6 Å². The first kappa shape index (κ1) is 60.1. The van der Waals surface area contributed by atoms with Crippen molar-refractivity contribution in [3.8, 4) is 22.5 Å². The summed E-state index contributed by atoms with van der Waals surface area (Å²) in [6.07, 6.45) is -13.9. The molecule has 2 amide bonds. The molecule has 6 aliphatic rings. The molecule has 2 aliphatic carbocycles. The number of carbonyl (C=O) groups is 2. The van der Waals surface area contributed by atoms with Crippen molar-refractivity contribution < 1.29 is 88.0 Å². The number of benzene rings is 2. The number of aryl methyl sites for hydroxylation is 1. The summed E-state index contributed by atoms with van der Waals surface area (Å²) < 4.78 is 62.8. The lowest BCUT2D eigenvalue weighted by Gasteiger charge is -2.49. The average molecular weight is 1150 g/mol. The summed E-state index contributed by atoms with van der Waals surface area (Å²) in [6.45, 7) is 4.10. The highest BCUT2D eigenvalue weighted by molar-refractivity contribution is 5.81. The van der Waals surface area contributed by atoms with Crippen LogP contribution in [0.1, 0.15) is 89.3 Å². The topological polar surface area (TPSA) is 337 Å². The maximum atomic E-state index is 14.7. The number of hydrogen-bond donors (Lipinski definition) is 9. The van der Waals surface area contributed by atoms with Gasteiger partial charge in [0.2, 0.25) is 5.91 Å². The second-order valence-corrected chi connectivity index (χ2v) is 22.9. The predicted octanol–water partition coefficient (Wildman–Crippen LogP) is 0.436. The summed E-state index contributed by atoms with van der Waals surface area (Å²) in [5, 5.41) is 110. The number of aliphatic hydroxyl groups is 8. The van der Waals surface area contributed by atoms with Crippen LogP contribution in [0, 0.1) is 24.6 Å². The second kappa shape index (κ2) is 26.5. The Bertz CT molecular complexity index is 2750. The molecular formula is C56H77FN8O17. The minimum atomic E-state index is -1.81. The van der Waals surface area contributed by atoms with E-state index in [0.717, 1.165) is 49.7 Å². The first-order chi connectivity index (χ1) is 39.5. The Labute approximate surface area is 473 Å². The van der Waals surface area contributed by atoms with Crippen molar-refractivity contribution in [2.45, 2.75) is 195 Å². The smallest absolute Gasteiger partial charge is 0.251 e. The summed E-state index contributed by atoms with van der Waals surface area (Å²) in [7, 11) is 0. The molecule has 4 aromatic rings. The number of likely N-dealkylation sites (tertiary alicyclic amines) is 1. The maximum Gasteiger partial charge on any atom is 0.251 e. The predicted molar refractivity (Wildman–Crippen MR) is 283 cm³/mol. The van der Waals surface area contributed by atoms with Crippen LogP contribution in [0.5, 0.6) is 0 Å². The van der Waals surface area contributed by atoms with Gasteiger partial charge in [0.1, 0.15) is 96.4 Å². The van der Waals surface area contributed by atoms with Gasteiger partial charge in [-0.25, -0.2) is 13.8 Å². The lowest BCUT2D eigenvalue weighted by Crippen LogP contribution is -2.67. The number of aliphatic hydroxyl groups excluding tert-OH is 8.